The molecule has 0 radical (unpaired) electrons. The predicted octanol–water partition coefficient (Wildman–Crippen LogP) is 7.35. The molecular formula is C30H48O2. The normalized spacial score (nSPS) is 51.6. The summed E-state index contributed by atoms with van der Waals surface area (Å²) in [7, 11) is 0. The average Bonchev–Trinajstić information content (AvgIpc) is 2.71. The largest absolute Gasteiger partial charge is 0.395 e. The molecule has 0 aromatic heterocycles. The second-order valence-electron chi connectivity index (χ2n) is 14.9. The van der Waals surface area contributed by atoms with Crippen LogP contribution in [0.3, 0.4) is 0 Å². The smallest absolute Gasteiger partial charge is 0.138 e. The molecule has 0 aromatic carbocycles. The Hall–Kier alpha value is -0.630. The minimum Gasteiger partial charge on any atom is -0.395 e. The first-order valence-corrected chi connectivity index (χ1v) is 13.6. The van der Waals surface area contributed by atoms with Gasteiger partial charge in [0.2, 0.25) is 0 Å². The summed E-state index contributed by atoms with van der Waals surface area (Å²) in [5, 5.41) is 11.2. The topological polar surface area (TPSA) is 37.3 Å². The van der Waals surface area contributed by atoms with Crippen molar-refractivity contribution in [3.8, 4) is 0 Å². The van der Waals surface area contributed by atoms with E-state index in [1.54, 1.807) is 5.57 Å². The van der Waals surface area contributed by atoms with Crippen LogP contribution in [0.1, 0.15) is 113 Å². The summed E-state index contributed by atoms with van der Waals surface area (Å²) in [4.78, 5) is 12.9. The van der Waals surface area contributed by atoms with Crippen molar-refractivity contribution in [2.24, 2.45) is 50.2 Å². The number of aliphatic hydroxyl groups is 1. The summed E-state index contributed by atoms with van der Waals surface area (Å²) in [6.07, 6.45) is 14.2. The van der Waals surface area contributed by atoms with Crippen molar-refractivity contribution < 1.29 is 9.90 Å². The lowest BCUT2D eigenvalue weighted by Crippen LogP contribution is -2.65. The fourth-order valence-electron chi connectivity index (χ4n) is 10.5. The molecule has 0 bridgehead atoms. The van der Waals surface area contributed by atoms with E-state index in [9.17, 15) is 9.90 Å². The van der Waals surface area contributed by atoms with Crippen LogP contribution in [0.25, 0.3) is 0 Å². The zero-order valence-corrected chi connectivity index (χ0v) is 21.9. The second kappa shape index (κ2) is 6.73. The third-order valence-electron chi connectivity index (χ3n) is 12.8. The molecule has 5 aliphatic carbocycles. The van der Waals surface area contributed by atoms with Crippen LogP contribution in [0.4, 0.5) is 0 Å². The summed E-state index contributed by atoms with van der Waals surface area (Å²) >= 11 is 0. The number of carbonyl (C=O) groups is 1. The fraction of sp³-hybridized carbons (Fsp3) is 0.900. The van der Waals surface area contributed by atoms with Crippen molar-refractivity contribution in [2.45, 2.75) is 113 Å². The van der Waals surface area contributed by atoms with Gasteiger partial charge in [-0.25, -0.2) is 0 Å². The molecule has 0 heterocycles. The molecule has 7 atom stereocenters. The van der Waals surface area contributed by atoms with Crippen LogP contribution in [0.2, 0.25) is 0 Å². The molecule has 4 saturated carbocycles. The van der Waals surface area contributed by atoms with E-state index in [0.717, 1.165) is 32.1 Å². The Morgan fingerprint density at radius 2 is 1.59 bits per heavy atom. The van der Waals surface area contributed by atoms with Crippen LogP contribution in [0.15, 0.2) is 11.6 Å². The molecule has 1 N–H and O–H groups in total. The first-order valence-electron chi connectivity index (χ1n) is 13.6. The summed E-state index contributed by atoms with van der Waals surface area (Å²) in [5.41, 5.74) is 2.52. The molecule has 0 spiro atoms. The highest BCUT2D eigenvalue weighted by atomic mass is 16.3. The highest BCUT2D eigenvalue weighted by molar-refractivity contribution is 5.85. The minimum absolute atomic E-state index is 0.0624. The Labute approximate surface area is 197 Å². The number of hydrogen-bond donors (Lipinski definition) is 1. The maximum atomic E-state index is 12.9. The van der Waals surface area contributed by atoms with Gasteiger partial charge in [-0.3, -0.25) is 4.79 Å². The molecule has 2 heteroatoms. The third-order valence-corrected chi connectivity index (χ3v) is 12.8. The van der Waals surface area contributed by atoms with E-state index < -0.39 is 0 Å². The Bertz CT molecular complexity index is 851. The first kappa shape index (κ1) is 23.1. The van der Waals surface area contributed by atoms with Gasteiger partial charge in [0.25, 0.3) is 0 Å². The van der Waals surface area contributed by atoms with Crippen molar-refractivity contribution in [2.75, 3.05) is 6.61 Å². The molecule has 1 unspecified atom stereocenters. The van der Waals surface area contributed by atoms with Crippen LogP contribution in [-0.4, -0.2) is 17.5 Å². The molecule has 0 amide bonds. The quantitative estimate of drug-likeness (QED) is 0.433. The van der Waals surface area contributed by atoms with Crippen molar-refractivity contribution >= 4 is 5.78 Å². The number of rotatable bonds is 1. The molecular weight excluding hydrogens is 392 g/mol. The highest BCUT2D eigenvalue weighted by Gasteiger charge is 2.69. The van der Waals surface area contributed by atoms with E-state index >= 15 is 0 Å². The molecule has 0 saturated heterocycles. The molecule has 0 aliphatic heterocycles. The molecule has 32 heavy (non-hydrogen) atoms. The number of hydrogen-bond acceptors (Lipinski definition) is 2. The highest BCUT2D eigenvalue weighted by Crippen LogP contribution is 2.75. The van der Waals surface area contributed by atoms with Crippen molar-refractivity contribution in [1.82, 2.24) is 0 Å². The number of allylic oxidation sites excluding steroid dienone is 1. The van der Waals surface area contributed by atoms with E-state index in [-0.39, 0.29) is 21.7 Å². The minimum atomic E-state index is -0.205. The van der Waals surface area contributed by atoms with E-state index in [4.69, 9.17) is 0 Å². The van der Waals surface area contributed by atoms with Crippen molar-refractivity contribution in [1.29, 1.82) is 0 Å². The lowest BCUT2D eigenvalue weighted by atomic mass is 9.33. The van der Waals surface area contributed by atoms with Crippen LogP contribution in [0, 0.1) is 50.2 Å². The van der Waals surface area contributed by atoms with Crippen LogP contribution < -0.4 is 0 Å². The van der Waals surface area contributed by atoms with Gasteiger partial charge in [0, 0.05) is 17.3 Å². The lowest BCUT2D eigenvalue weighted by Gasteiger charge is -2.71. The molecule has 0 aromatic rings. The van der Waals surface area contributed by atoms with Crippen LogP contribution >= 0.6 is 0 Å². The standard InChI is InChI=1S/C30H48O2/c1-25(2)14-15-27(5)16-17-30(19-31)20(21(27)18-25)8-9-23-28(6)12-11-24(32)26(3,4)22(28)10-13-29(23,30)7/h8,21-23,31H,9-19H2,1-7H3/t21-,22?,23-,27-,28+,29-,30+/m1/s1. The van der Waals surface area contributed by atoms with Gasteiger partial charge in [-0.1, -0.05) is 60.1 Å². The fourth-order valence-corrected chi connectivity index (χ4v) is 10.5. The number of fused-ring (bicyclic) bond motifs is 7. The maximum absolute atomic E-state index is 12.9. The second-order valence-corrected chi connectivity index (χ2v) is 14.9. The Balaban J connectivity index is 1.61. The maximum Gasteiger partial charge on any atom is 0.138 e. The van der Waals surface area contributed by atoms with Gasteiger partial charge < -0.3 is 5.11 Å². The molecule has 4 fully saturated rings. The van der Waals surface area contributed by atoms with Gasteiger partial charge in [-0.2, -0.15) is 0 Å². The Morgan fingerprint density at radius 3 is 2.28 bits per heavy atom. The van der Waals surface area contributed by atoms with Crippen molar-refractivity contribution in [3.05, 3.63) is 11.6 Å². The summed E-state index contributed by atoms with van der Waals surface area (Å²) < 4.78 is 0. The van der Waals surface area contributed by atoms with E-state index in [1.165, 1.54) is 32.1 Å². The summed E-state index contributed by atoms with van der Waals surface area (Å²) in [5.74, 6) is 2.14. The van der Waals surface area contributed by atoms with Gasteiger partial charge in [0.15, 0.2) is 0 Å². The average molecular weight is 441 g/mol. The van der Waals surface area contributed by atoms with E-state index in [1.807, 2.05) is 0 Å². The SMILES string of the molecule is CC1(C)CC[C@]2(C)CC[C@]3(CO)C(=CC[C@@H]4[C@@]5(C)CCC(=O)C(C)(C)C5CC[C@]43C)[C@H]2C1. The summed E-state index contributed by atoms with van der Waals surface area (Å²) in [6, 6.07) is 0. The first-order chi connectivity index (χ1) is 14.8. The van der Waals surface area contributed by atoms with Gasteiger partial charge in [-0.15, -0.1) is 0 Å². The van der Waals surface area contributed by atoms with Gasteiger partial charge >= 0.3 is 0 Å². The van der Waals surface area contributed by atoms with Crippen LogP contribution in [-0.2, 0) is 4.79 Å². The molecule has 2 nitrogen and oxygen atoms in total. The predicted molar refractivity (Wildman–Crippen MR) is 131 cm³/mol. The van der Waals surface area contributed by atoms with Crippen LogP contribution in [0.5, 0.6) is 0 Å². The number of aliphatic hydroxyl groups excluding tert-OH is 1. The van der Waals surface area contributed by atoms with E-state index in [0.29, 0.717) is 41.0 Å². The Kier molecular flexibility index (Phi) is 4.87. The van der Waals surface area contributed by atoms with Crippen molar-refractivity contribution in [3.63, 3.8) is 0 Å². The molecule has 5 aliphatic rings. The number of carbonyl (C=O) groups excluding carboxylic acids is 1. The third kappa shape index (κ3) is 2.71. The zero-order chi connectivity index (χ0) is 23.4. The number of ketones is 1. The van der Waals surface area contributed by atoms with Gasteiger partial charge in [-0.05, 0) is 97.2 Å². The summed E-state index contributed by atoms with van der Waals surface area (Å²) in [6.45, 7) is 17.3. The molecule has 5 rings (SSSR count). The van der Waals surface area contributed by atoms with E-state index in [2.05, 4.69) is 54.5 Å². The monoisotopic (exact) mass is 440 g/mol. The lowest BCUT2D eigenvalue weighted by molar-refractivity contribution is -0.194. The van der Waals surface area contributed by atoms with Gasteiger partial charge in [0.1, 0.15) is 5.78 Å². The zero-order valence-electron chi connectivity index (χ0n) is 21.9. The molecule has 180 valence electrons. The van der Waals surface area contributed by atoms with Gasteiger partial charge in [0.05, 0.1) is 6.61 Å². The Morgan fingerprint density at radius 1 is 0.906 bits per heavy atom. The number of Topliss-reactive ketones (excluding diaryl/α,β-unsaturated/α-hetero) is 1.